The van der Waals surface area contributed by atoms with E-state index in [9.17, 15) is 9.50 Å². The minimum atomic E-state index is -0.901. The lowest BCUT2D eigenvalue weighted by Gasteiger charge is -2.23. The van der Waals surface area contributed by atoms with Crippen molar-refractivity contribution in [1.82, 2.24) is 4.90 Å². The fourth-order valence-electron chi connectivity index (χ4n) is 2.50. The van der Waals surface area contributed by atoms with Gasteiger partial charge in [0.05, 0.1) is 25.3 Å². The van der Waals surface area contributed by atoms with Crippen LogP contribution in [0.3, 0.4) is 0 Å². The van der Waals surface area contributed by atoms with Crippen LogP contribution >= 0.6 is 0 Å². The molecule has 0 radical (unpaired) electrons. The summed E-state index contributed by atoms with van der Waals surface area (Å²) in [7, 11) is 1.57. The molecule has 0 aliphatic carbocycles. The number of ether oxygens (including phenoxy) is 1. The van der Waals surface area contributed by atoms with Crippen LogP contribution in [0.2, 0.25) is 0 Å². The van der Waals surface area contributed by atoms with E-state index in [1.54, 1.807) is 25.3 Å². The van der Waals surface area contributed by atoms with Crippen LogP contribution in [-0.4, -0.2) is 42.5 Å². The van der Waals surface area contributed by atoms with Crippen LogP contribution in [0.5, 0.6) is 5.75 Å². The normalized spacial score (nSPS) is 23.3. The third kappa shape index (κ3) is 3.03. The Kier molecular flexibility index (Phi) is 4.35. The Labute approximate surface area is 112 Å². The molecule has 0 amide bonds. The summed E-state index contributed by atoms with van der Waals surface area (Å²) in [5.74, 6) is 0.679. The number of halogens is 1. The van der Waals surface area contributed by atoms with Crippen molar-refractivity contribution in [3.63, 3.8) is 0 Å². The highest BCUT2D eigenvalue weighted by Crippen LogP contribution is 2.27. The molecule has 1 saturated heterocycles. The molecule has 0 bridgehead atoms. The number of likely N-dealkylation sites (tertiary alicyclic amines) is 1. The summed E-state index contributed by atoms with van der Waals surface area (Å²) in [5, 5.41) is 18.2. The van der Waals surface area contributed by atoms with Crippen molar-refractivity contribution >= 4 is 0 Å². The van der Waals surface area contributed by atoms with Gasteiger partial charge < -0.3 is 9.84 Å². The maximum atomic E-state index is 13.4. The molecule has 1 aliphatic heterocycles. The number of alkyl halides is 1. The smallest absolute Gasteiger partial charge is 0.123 e. The van der Waals surface area contributed by atoms with Crippen molar-refractivity contribution in [3.8, 4) is 11.8 Å². The Hall–Kier alpha value is -1.64. The fourth-order valence-corrected chi connectivity index (χ4v) is 2.50. The van der Waals surface area contributed by atoms with Gasteiger partial charge in [-0.15, -0.1) is 0 Å². The highest BCUT2D eigenvalue weighted by Gasteiger charge is 2.31. The molecule has 0 saturated carbocycles. The average molecular weight is 264 g/mol. The Morgan fingerprint density at radius 1 is 1.58 bits per heavy atom. The van der Waals surface area contributed by atoms with Crippen molar-refractivity contribution in [3.05, 3.63) is 29.3 Å². The lowest BCUT2D eigenvalue weighted by molar-refractivity contribution is 0.152. The molecule has 0 spiro atoms. The van der Waals surface area contributed by atoms with E-state index in [0.717, 1.165) is 5.56 Å². The van der Waals surface area contributed by atoms with Crippen molar-refractivity contribution in [1.29, 1.82) is 5.26 Å². The Morgan fingerprint density at radius 3 is 3.00 bits per heavy atom. The molecule has 1 aromatic rings. The van der Waals surface area contributed by atoms with Crippen molar-refractivity contribution in [2.24, 2.45) is 0 Å². The monoisotopic (exact) mass is 264 g/mol. The summed E-state index contributed by atoms with van der Waals surface area (Å²) in [5.41, 5.74) is 1.39. The summed E-state index contributed by atoms with van der Waals surface area (Å²) in [4.78, 5) is 1.89. The Balaban J connectivity index is 2.20. The molecule has 0 unspecified atom stereocenters. The molecule has 2 rings (SSSR count). The molecule has 4 nitrogen and oxygen atoms in total. The lowest BCUT2D eigenvalue weighted by Crippen LogP contribution is -2.31. The highest BCUT2D eigenvalue weighted by molar-refractivity contribution is 5.42. The third-order valence-corrected chi connectivity index (χ3v) is 3.47. The zero-order valence-corrected chi connectivity index (χ0v) is 10.8. The number of nitriles is 1. The first-order chi connectivity index (χ1) is 9.17. The quantitative estimate of drug-likeness (QED) is 0.894. The van der Waals surface area contributed by atoms with Crippen molar-refractivity contribution < 1.29 is 14.2 Å². The number of nitrogens with zero attached hydrogens (tertiary/aromatic N) is 2. The van der Waals surface area contributed by atoms with Gasteiger partial charge in [-0.1, -0.05) is 0 Å². The maximum Gasteiger partial charge on any atom is 0.123 e. The maximum absolute atomic E-state index is 13.4. The number of benzene rings is 1. The Morgan fingerprint density at radius 2 is 2.37 bits per heavy atom. The second kappa shape index (κ2) is 6.00. The van der Waals surface area contributed by atoms with E-state index in [1.807, 2.05) is 4.90 Å². The molecule has 1 aliphatic rings. The largest absolute Gasteiger partial charge is 0.496 e. The van der Waals surface area contributed by atoms with E-state index in [2.05, 4.69) is 6.07 Å². The number of rotatable bonds is 4. The number of hydrogen-bond donors (Lipinski definition) is 1. The van der Waals surface area contributed by atoms with Gasteiger partial charge in [0.1, 0.15) is 11.9 Å². The van der Waals surface area contributed by atoms with E-state index >= 15 is 0 Å². The first-order valence-corrected chi connectivity index (χ1v) is 6.24. The SMILES string of the molecule is COc1ccc(C#N)cc1CN1C[C@@H](F)C[C@H]1CO. The number of methoxy groups -OCH3 is 1. The standard InChI is InChI=1S/C14H17FN2O2/c1-19-14-3-2-10(6-16)4-11(14)7-17-8-12(15)5-13(17)9-18/h2-4,12-13,18H,5,7-9H2,1H3/t12-,13-/m0/s1. The summed E-state index contributed by atoms with van der Waals surface area (Å²) in [6.45, 7) is 0.732. The molecule has 2 atom stereocenters. The zero-order chi connectivity index (χ0) is 13.8. The molecule has 102 valence electrons. The first kappa shape index (κ1) is 13.8. The van der Waals surface area contributed by atoms with Gasteiger partial charge in [0, 0.05) is 24.7 Å². The lowest BCUT2D eigenvalue weighted by atomic mass is 10.1. The second-order valence-corrected chi connectivity index (χ2v) is 4.74. The highest BCUT2D eigenvalue weighted by atomic mass is 19.1. The van der Waals surface area contributed by atoms with Crippen molar-refractivity contribution in [2.45, 2.75) is 25.2 Å². The molecule has 5 heteroatoms. The van der Waals surface area contributed by atoms with Gasteiger partial charge in [-0.25, -0.2) is 4.39 Å². The van der Waals surface area contributed by atoms with Crippen LogP contribution in [0.15, 0.2) is 18.2 Å². The third-order valence-electron chi connectivity index (χ3n) is 3.47. The number of aliphatic hydroxyl groups is 1. The van der Waals surface area contributed by atoms with E-state index < -0.39 is 6.17 Å². The van der Waals surface area contributed by atoms with Crippen LogP contribution in [0.25, 0.3) is 0 Å². The molecule has 1 fully saturated rings. The van der Waals surface area contributed by atoms with Gasteiger partial charge in [0.2, 0.25) is 0 Å². The molecule has 1 N–H and O–H groups in total. The zero-order valence-electron chi connectivity index (χ0n) is 10.8. The van der Waals surface area contributed by atoms with Gasteiger partial charge in [-0.2, -0.15) is 5.26 Å². The minimum absolute atomic E-state index is 0.0549. The van der Waals surface area contributed by atoms with E-state index in [-0.39, 0.29) is 12.6 Å². The number of aliphatic hydroxyl groups excluding tert-OH is 1. The van der Waals surface area contributed by atoms with Crippen molar-refractivity contribution in [2.75, 3.05) is 20.3 Å². The summed E-state index contributed by atoms with van der Waals surface area (Å²) >= 11 is 0. The molecule has 1 heterocycles. The van der Waals surface area contributed by atoms with Gasteiger partial charge in [-0.05, 0) is 24.6 Å². The van der Waals surface area contributed by atoms with Crippen LogP contribution < -0.4 is 4.74 Å². The predicted octanol–water partition coefficient (Wildman–Crippen LogP) is 1.47. The van der Waals surface area contributed by atoms with Crippen LogP contribution in [-0.2, 0) is 6.54 Å². The van der Waals surface area contributed by atoms with Crippen LogP contribution in [0.1, 0.15) is 17.5 Å². The minimum Gasteiger partial charge on any atom is -0.496 e. The number of hydrogen-bond acceptors (Lipinski definition) is 4. The van der Waals surface area contributed by atoms with Gasteiger partial charge in [-0.3, -0.25) is 4.90 Å². The molecule has 1 aromatic carbocycles. The summed E-state index contributed by atoms with van der Waals surface area (Å²) in [6, 6.07) is 7.10. The Bertz CT molecular complexity index is 487. The molecular formula is C14H17FN2O2. The van der Waals surface area contributed by atoms with E-state index in [4.69, 9.17) is 10.00 Å². The van der Waals surface area contributed by atoms with Crippen LogP contribution in [0.4, 0.5) is 4.39 Å². The second-order valence-electron chi connectivity index (χ2n) is 4.74. The molecule has 0 aromatic heterocycles. The van der Waals surface area contributed by atoms with Crippen LogP contribution in [0, 0.1) is 11.3 Å². The summed E-state index contributed by atoms with van der Waals surface area (Å²) in [6.07, 6.45) is -0.543. The average Bonchev–Trinajstić information content (AvgIpc) is 2.78. The topological polar surface area (TPSA) is 56.5 Å². The van der Waals surface area contributed by atoms with E-state index in [1.165, 1.54) is 0 Å². The molecule has 19 heavy (non-hydrogen) atoms. The summed E-state index contributed by atoms with van der Waals surface area (Å²) < 4.78 is 18.7. The van der Waals surface area contributed by atoms with E-state index in [0.29, 0.717) is 30.8 Å². The van der Waals surface area contributed by atoms with Gasteiger partial charge in [0.15, 0.2) is 0 Å². The van der Waals surface area contributed by atoms with Gasteiger partial charge in [0.25, 0.3) is 0 Å². The van der Waals surface area contributed by atoms with Gasteiger partial charge >= 0.3 is 0 Å². The molecular weight excluding hydrogens is 247 g/mol. The predicted molar refractivity (Wildman–Crippen MR) is 68.5 cm³/mol. The fraction of sp³-hybridized carbons (Fsp3) is 0.500. The first-order valence-electron chi connectivity index (χ1n) is 6.24.